The van der Waals surface area contributed by atoms with E-state index in [1.54, 1.807) is 6.92 Å². The van der Waals surface area contributed by atoms with Gasteiger partial charge in [-0.3, -0.25) is 4.79 Å². The Bertz CT molecular complexity index is 467. The number of aliphatic hydroxyl groups is 1. The van der Waals surface area contributed by atoms with Crippen molar-refractivity contribution in [3.05, 3.63) is 12.2 Å². The highest BCUT2D eigenvalue weighted by Crippen LogP contribution is 2.14. The molecule has 3 unspecified atom stereocenters. The van der Waals surface area contributed by atoms with Gasteiger partial charge in [0.05, 0.1) is 12.6 Å². The number of alkyl carbamates (subject to hydrolysis) is 1. The predicted molar refractivity (Wildman–Crippen MR) is 131 cm³/mol. The lowest BCUT2D eigenvalue weighted by Crippen LogP contribution is -2.33. The number of carbonyl (C=O) groups excluding carboxylic acids is 3. The van der Waals surface area contributed by atoms with E-state index >= 15 is 0 Å². The van der Waals surface area contributed by atoms with Crippen molar-refractivity contribution in [3.8, 4) is 0 Å². The molecule has 0 aromatic heterocycles. The van der Waals surface area contributed by atoms with Gasteiger partial charge < -0.3 is 24.6 Å². The average molecular weight is 456 g/mol. The van der Waals surface area contributed by atoms with Gasteiger partial charge in [0.1, 0.15) is 18.8 Å². The van der Waals surface area contributed by atoms with E-state index in [1.165, 1.54) is 13.8 Å². The summed E-state index contributed by atoms with van der Waals surface area (Å²) in [4.78, 5) is 34.0. The zero-order valence-corrected chi connectivity index (χ0v) is 15.4. The Kier molecular flexibility index (Phi) is 39.3. The van der Waals surface area contributed by atoms with Gasteiger partial charge in [-0.1, -0.05) is 58.1 Å². The van der Waals surface area contributed by atoms with Crippen LogP contribution >= 0.6 is 0 Å². The molecule has 0 aliphatic heterocycles. The molecule has 0 heterocycles. The van der Waals surface area contributed by atoms with Gasteiger partial charge in [0, 0.05) is 25.3 Å². The van der Waals surface area contributed by atoms with Gasteiger partial charge in [-0.2, -0.15) is 0 Å². The first-order chi connectivity index (χ1) is 11.6. The molecule has 0 radical (unpaired) electrons. The Hall–Kier alpha value is -2.09. The lowest BCUT2D eigenvalue weighted by Gasteiger charge is -2.23. The van der Waals surface area contributed by atoms with Gasteiger partial charge in [-0.25, -0.2) is 9.59 Å². The first-order valence-corrected chi connectivity index (χ1v) is 8.28. The fourth-order valence-corrected chi connectivity index (χ4v) is 1.96. The summed E-state index contributed by atoms with van der Waals surface area (Å²) in [7, 11) is 0. The molecule has 0 aromatic carbocycles. The number of amides is 1. The fourth-order valence-electron chi connectivity index (χ4n) is 1.96. The Morgan fingerprint density at radius 2 is 1.48 bits per heavy atom. The van der Waals surface area contributed by atoms with Crippen LogP contribution in [0.2, 0.25) is 0 Å². The second kappa shape index (κ2) is 25.9. The number of carbonyl (C=O) groups is 3. The Morgan fingerprint density at radius 1 is 0.968 bits per heavy atom. The molecule has 192 valence electrons. The topological polar surface area (TPSA) is 111 Å². The van der Waals surface area contributed by atoms with Crippen molar-refractivity contribution in [1.82, 2.24) is 5.32 Å². The van der Waals surface area contributed by atoms with Crippen molar-refractivity contribution in [2.24, 2.45) is 0 Å². The Labute approximate surface area is 192 Å². The lowest BCUT2D eigenvalue weighted by molar-refractivity contribution is -0.149. The highest BCUT2D eigenvalue weighted by molar-refractivity contribution is 5.86. The monoisotopic (exact) mass is 455 g/mol. The van der Waals surface area contributed by atoms with Gasteiger partial charge in [-0.05, 0) is 20.3 Å². The van der Waals surface area contributed by atoms with Crippen molar-refractivity contribution < 1.29 is 33.7 Å². The van der Waals surface area contributed by atoms with Crippen LogP contribution in [0.25, 0.3) is 0 Å². The molecule has 3 atom stereocenters. The van der Waals surface area contributed by atoms with E-state index in [0.717, 1.165) is 0 Å². The first kappa shape index (κ1) is 46.9. The summed E-state index contributed by atoms with van der Waals surface area (Å²) in [5.41, 5.74) is 0.280. The molecule has 0 spiro atoms. The molecule has 0 aliphatic rings. The van der Waals surface area contributed by atoms with Crippen molar-refractivity contribution in [3.63, 3.8) is 0 Å². The van der Waals surface area contributed by atoms with Crippen molar-refractivity contribution >= 4 is 18.0 Å². The van der Waals surface area contributed by atoms with Gasteiger partial charge in [-0.15, -0.1) is 0 Å². The molecule has 0 aromatic rings. The summed E-state index contributed by atoms with van der Waals surface area (Å²) in [6, 6.07) is 0. The van der Waals surface area contributed by atoms with E-state index in [9.17, 15) is 19.5 Å². The van der Waals surface area contributed by atoms with Crippen molar-refractivity contribution in [2.45, 2.75) is 110 Å². The molecule has 31 heavy (non-hydrogen) atoms. The van der Waals surface area contributed by atoms with Crippen LogP contribution < -0.4 is 5.32 Å². The van der Waals surface area contributed by atoms with E-state index in [-0.39, 0.29) is 76.1 Å². The minimum absolute atomic E-state index is 0. The molecular formula is C23H53NO7. The maximum atomic E-state index is 11.7. The van der Waals surface area contributed by atoms with Crippen LogP contribution in [-0.2, 0) is 23.8 Å². The van der Waals surface area contributed by atoms with E-state index in [4.69, 9.17) is 14.2 Å². The number of ether oxygens (including phenoxy) is 3. The third-order valence-electron chi connectivity index (χ3n) is 3.19. The van der Waals surface area contributed by atoms with Crippen LogP contribution in [0.4, 0.5) is 4.79 Å². The highest BCUT2D eigenvalue weighted by Gasteiger charge is 2.21. The number of rotatable bonds is 11. The second-order valence-corrected chi connectivity index (χ2v) is 5.82. The molecule has 0 fully saturated rings. The lowest BCUT2D eigenvalue weighted by atomic mass is 10.0. The zero-order chi connectivity index (χ0) is 19.4. The largest absolute Gasteiger partial charge is 0.462 e. The second-order valence-electron chi connectivity index (χ2n) is 5.82. The summed E-state index contributed by atoms with van der Waals surface area (Å²) >= 11 is 0. The number of aliphatic hydroxyl groups excluding tert-OH is 1. The number of hydrogen-bond acceptors (Lipinski definition) is 7. The maximum absolute atomic E-state index is 11.7. The molecular weight excluding hydrogens is 402 g/mol. The molecule has 0 saturated carbocycles. The standard InChI is InChI=1S/C17H29NO7.6CH4/c1-6-14(20)10-15(25-13(5)19)9-12(4)24-17(22)18-7-8-23-16(21)11(2)3;;;;;;/h12,14-15,20H,2,6-10H2,1,3-5H3,(H,18,22);6*1H4. The summed E-state index contributed by atoms with van der Waals surface area (Å²) < 4.78 is 15.1. The Morgan fingerprint density at radius 3 is 1.90 bits per heavy atom. The first-order valence-electron chi connectivity index (χ1n) is 8.28. The van der Waals surface area contributed by atoms with E-state index in [1.807, 2.05) is 6.92 Å². The minimum Gasteiger partial charge on any atom is -0.462 e. The molecule has 2 N–H and O–H groups in total. The molecule has 0 rings (SSSR count). The number of esters is 2. The van der Waals surface area contributed by atoms with Crippen LogP contribution in [-0.4, -0.2) is 54.6 Å². The molecule has 0 aliphatic carbocycles. The van der Waals surface area contributed by atoms with Crippen molar-refractivity contribution in [1.29, 1.82) is 0 Å². The van der Waals surface area contributed by atoms with Crippen LogP contribution in [0, 0.1) is 0 Å². The zero-order valence-electron chi connectivity index (χ0n) is 15.4. The number of hydrogen-bond donors (Lipinski definition) is 2. The summed E-state index contributed by atoms with van der Waals surface area (Å²) in [6.07, 6.45) is -1.23. The van der Waals surface area contributed by atoms with Gasteiger partial charge >= 0.3 is 18.0 Å². The molecule has 0 saturated heterocycles. The molecule has 8 heteroatoms. The molecule has 1 amide bonds. The number of nitrogens with one attached hydrogen (secondary N) is 1. The van der Waals surface area contributed by atoms with E-state index in [0.29, 0.717) is 6.42 Å². The van der Waals surface area contributed by atoms with E-state index in [2.05, 4.69) is 11.9 Å². The highest BCUT2D eigenvalue weighted by atomic mass is 16.6. The van der Waals surface area contributed by atoms with Gasteiger partial charge in [0.2, 0.25) is 0 Å². The van der Waals surface area contributed by atoms with Crippen LogP contribution in [0.3, 0.4) is 0 Å². The van der Waals surface area contributed by atoms with Crippen LogP contribution in [0.15, 0.2) is 12.2 Å². The quantitative estimate of drug-likeness (QED) is 0.183. The predicted octanol–water partition coefficient (Wildman–Crippen LogP) is 5.52. The van der Waals surface area contributed by atoms with Crippen molar-refractivity contribution in [2.75, 3.05) is 13.2 Å². The third kappa shape index (κ3) is 25.9. The smallest absolute Gasteiger partial charge is 0.407 e. The Balaban J connectivity index is -0.000000192. The SMILES string of the molecule is C.C.C.C.C.C.C=C(C)C(=O)OCCNC(=O)OC(C)CC(CC(O)CC)OC(C)=O. The average Bonchev–Trinajstić information content (AvgIpc) is 2.49. The summed E-state index contributed by atoms with van der Waals surface area (Å²) in [5, 5.41) is 12.2. The van der Waals surface area contributed by atoms with Gasteiger partial charge in [0.15, 0.2) is 0 Å². The third-order valence-corrected chi connectivity index (χ3v) is 3.19. The van der Waals surface area contributed by atoms with Crippen LogP contribution in [0.1, 0.15) is 91.5 Å². The molecule has 8 nitrogen and oxygen atoms in total. The summed E-state index contributed by atoms with van der Waals surface area (Å²) in [6.45, 7) is 9.86. The van der Waals surface area contributed by atoms with Crippen LogP contribution in [0.5, 0.6) is 0 Å². The normalized spacial score (nSPS) is 11.3. The summed E-state index contributed by atoms with van der Waals surface area (Å²) in [5.74, 6) is -0.980. The van der Waals surface area contributed by atoms with E-state index < -0.39 is 36.3 Å². The van der Waals surface area contributed by atoms with Gasteiger partial charge in [0.25, 0.3) is 0 Å². The molecule has 0 bridgehead atoms. The maximum Gasteiger partial charge on any atom is 0.407 e. The minimum atomic E-state index is -0.670. The fraction of sp³-hybridized carbons (Fsp3) is 0.783.